The number of amides is 1. The molecular formula is C12H19N3O. The van der Waals surface area contributed by atoms with Crippen LogP contribution in [0.4, 0.5) is 5.69 Å². The van der Waals surface area contributed by atoms with Gasteiger partial charge in [0.25, 0.3) is 0 Å². The zero-order valence-electron chi connectivity index (χ0n) is 9.62. The Hall–Kier alpha value is -1.39. The number of anilines is 1. The molecule has 0 aliphatic carbocycles. The second-order valence-electron chi connectivity index (χ2n) is 3.73. The Kier molecular flexibility index (Phi) is 5.53. The van der Waals surface area contributed by atoms with E-state index in [9.17, 15) is 4.79 Å². The third-order valence-corrected chi connectivity index (χ3v) is 2.18. The first kappa shape index (κ1) is 12.7. The SMILES string of the molecule is Cc1ccc(NC(=O)CNCCCN)cc1. The number of carbonyl (C=O) groups excluding carboxylic acids is 1. The molecule has 0 spiro atoms. The minimum Gasteiger partial charge on any atom is -0.330 e. The third-order valence-electron chi connectivity index (χ3n) is 2.18. The van der Waals surface area contributed by atoms with E-state index in [0.29, 0.717) is 13.1 Å². The van der Waals surface area contributed by atoms with Gasteiger partial charge in [-0.15, -0.1) is 0 Å². The summed E-state index contributed by atoms with van der Waals surface area (Å²) in [5.74, 6) is -0.0270. The molecule has 1 amide bonds. The molecule has 0 fully saturated rings. The molecule has 0 atom stereocenters. The lowest BCUT2D eigenvalue weighted by Crippen LogP contribution is -2.29. The van der Waals surface area contributed by atoms with Crippen molar-refractivity contribution in [3.05, 3.63) is 29.8 Å². The van der Waals surface area contributed by atoms with Crippen LogP contribution in [-0.4, -0.2) is 25.5 Å². The number of nitrogens with two attached hydrogens (primary N) is 1. The van der Waals surface area contributed by atoms with Gasteiger partial charge in [-0.3, -0.25) is 4.79 Å². The molecule has 0 bridgehead atoms. The van der Waals surface area contributed by atoms with Crippen LogP contribution in [0.15, 0.2) is 24.3 Å². The monoisotopic (exact) mass is 221 g/mol. The Balaban J connectivity index is 2.26. The van der Waals surface area contributed by atoms with Crippen molar-refractivity contribution in [1.82, 2.24) is 5.32 Å². The van der Waals surface area contributed by atoms with Crippen LogP contribution in [0.1, 0.15) is 12.0 Å². The van der Waals surface area contributed by atoms with Crippen LogP contribution in [0, 0.1) is 6.92 Å². The Morgan fingerprint density at radius 2 is 2.00 bits per heavy atom. The molecule has 0 unspecified atom stereocenters. The second-order valence-corrected chi connectivity index (χ2v) is 3.73. The van der Waals surface area contributed by atoms with Crippen LogP contribution in [0.3, 0.4) is 0 Å². The summed E-state index contributed by atoms with van der Waals surface area (Å²) in [7, 11) is 0. The van der Waals surface area contributed by atoms with Gasteiger partial charge in [-0.2, -0.15) is 0 Å². The fraction of sp³-hybridized carbons (Fsp3) is 0.417. The number of hydrogen-bond acceptors (Lipinski definition) is 3. The van der Waals surface area contributed by atoms with Crippen molar-refractivity contribution < 1.29 is 4.79 Å². The van der Waals surface area contributed by atoms with E-state index in [0.717, 1.165) is 18.7 Å². The lowest BCUT2D eigenvalue weighted by atomic mass is 10.2. The highest BCUT2D eigenvalue weighted by atomic mass is 16.1. The predicted octanol–water partition coefficient (Wildman–Crippen LogP) is 0.872. The topological polar surface area (TPSA) is 67.2 Å². The zero-order chi connectivity index (χ0) is 11.8. The maximum atomic E-state index is 11.5. The summed E-state index contributed by atoms with van der Waals surface area (Å²) in [5, 5.41) is 5.84. The van der Waals surface area contributed by atoms with Crippen molar-refractivity contribution in [1.29, 1.82) is 0 Å². The average Bonchev–Trinajstić information content (AvgIpc) is 2.28. The van der Waals surface area contributed by atoms with Gasteiger partial charge in [0.2, 0.25) is 5.91 Å². The van der Waals surface area contributed by atoms with E-state index in [2.05, 4.69) is 10.6 Å². The highest BCUT2D eigenvalue weighted by Crippen LogP contribution is 2.07. The largest absolute Gasteiger partial charge is 0.330 e. The van der Waals surface area contributed by atoms with E-state index in [4.69, 9.17) is 5.73 Å². The van der Waals surface area contributed by atoms with Gasteiger partial charge in [0.1, 0.15) is 0 Å². The highest BCUT2D eigenvalue weighted by Gasteiger charge is 2.00. The molecule has 4 heteroatoms. The van der Waals surface area contributed by atoms with Gasteiger partial charge < -0.3 is 16.4 Å². The van der Waals surface area contributed by atoms with Gasteiger partial charge >= 0.3 is 0 Å². The second kappa shape index (κ2) is 6.98. The first-order valence-corrected chi connectivity index (χ1v) is 5.49. The van der Waals surface area contributed by atoms with E-state index in [1.165, 1.54) is 5.56 Å². The summed E-state index contributed by atoms with van der Waals surface area (Å²) >= 11 is 0. The van der Waals surface area contributed by atoms with Crippen molar-refractivity contribution in [2.45, 2.75) is 13.3 Å². The zero-order valence-corrected chi connectivity index (χ0v) is 9.62. The summed E-state index contributed by atoms with van der Waals surface area (Å²) in [6.45, 7) is 3.76. The molecule has 1 aromatic carbocycles. The van der Waals surface area contributed by atoms with Crippen LogP contribution in [-0.2, 0) is 4.79 Å². The Labute approximate surface area is 96.2 Å². The first-order valence-electron chi connectivity index (χ1n) is 5.49. The van der Waals surface area contributed by atoms with Crippen LogP contribution in [0.25, 0.3) is 0 Å². The smallest absolute Gasteiger partial charge is 0.238 e. The minimum absolute atomic E-state index is 0.0270. The molecule has 0 saturated heterocycles. The van der Waals surface area contributed by atoms with E-state index >= 15 is 0 Å². The molecule has 0 saturated carbocycles. The Morgan fingerprint density at radius 1 is 1.31 bits per heavy atom. The molecule has 0 aliphatic heterocycles. The maximum Gasteiger partial charge on any atom is 0.238 e. The normalized spacial score (nSPS) is 10.1. The first-order chi connectivity index (χ1) is 7.72. The number of aryl methyl sites for hydroxylation is 1. The van der Waals surface area contributed by atoms with Crippen LogP contribution < -0.4 is 16.4 Å². The summed E-state index contributed by atoms with van der Waals surface area (Å²) in [6, 6.07) is 7.73. The van der Waals surface area contributed by atoms with Crippen LogP contribution >= 0.6 is 0 Å². The predicted molar refractivity (Wildman–Crippen MR) is 66.3 cm³/mol. The quantitative estimate of drug-likeness (QED) is 0.624. The number of hydrogen-bond donors (Lipinski definition) is 3. The third kappa shape index (κ3) is 4.91. The van der Waals surface area contributed by atoms with E-state index < -0.39 is 0 Å². The van der Waals surface area contributed by atoms with Crippen LogP contribution in [0.2, 0.25) is 0 Å². The molecule has 0 aromatic heterocycles. The average molecular weight is 221 g/mol. The van der Waals surface area contributed by atoms with Gasteiger partial charge in [0, 0.05) is 5.69 Å². The fourth-order valence-electron chi connectivity index (χ4n) is 1.27. The summed E-state index contributed by atoms with van der Waals surface area (Å²) in [4.78, 5) is 11.5. The van der Waals surface area contributed by atoms with Gasteiger partial charge in [0.15, 0.2) is 0 Å². The van der Waals surface area contributed by atoms with E-state index in [-0.39, 0.29) is 5.91 Å². The molecule has 16 heavy (non-hydrogen) atoms. The van der Waals surface area contributed by atoms with E-state index in [1.54, 1.807) is 0 Å². The van der Waals surface area contributed by atoms with Crippen molar-refractivity contribution >= 4 is 11.6 Å². The van der Waals surface area contributed by atoms with Gasteiger partial charge in [-0.25, -0.2) is 0 Å². The number of benzene rings is 1. The number of rotatable bonds is 6. The van der Waals surface area contributed by atoms with Crippen molar-refractivity contribution in [3.8, 4) is 0 Å². The van der Waals surface area contributed by atoms with Gasteiger partial charge in [0.05, 0.1) is 6.54 Å². The van der Waals surface area contributed by atoms with Gasteiger partial charge in [-0.1, -0.05) is 17.7 Å². The summed E-state index contributed by atoms with van der Waals surface area (Å²) in [6.07, 6.45) is 0.887. The van der Waals surface area contributed by atoms with Crippen molar-refractivity contribution in [3.63, 3.8) is 0 Å². The lowest BCUT2D eigenvalue weighted by Gasteiger charge is -2.06. The minimum atomic E-state index is -0.0270. The fourth-order valence-corrected chi connectivity index (χ4v) is 1.27. The maximum absolute atomic E-state index is 11.5. The lowest BCUT2D eigenvalue weighted by molar-refractivity contribution is -0.115. The molecule has 88 valence electrons. The van der Waals surface area contributed by atoms with E-state index in [1.807, 2.05) is 31.2 Å². The number of carbonyl (C=O) groups is 1. The Morgan fingerprint density at radius 3 is 2.62 bits per heavy atom. The molecule has 4 N–H and O–H groups in total. The molecule has 4 nitrogen and oxygen atoms in total. The summed E-state index contributed by atoms with van der Waals surface area (Å²) < 4.78 is 0. The summed E-state index contributed by atoms with van der Waals surface area (Å²) in [5.41, 5.74) is 7.35. The molecule has 0 radical (unpaired) electrons. The number of nitrogens with one attached hydrogen (secondary N) is 2. The van der Waals surface area contributed by atoms with Crippen molar-refractivity contribution in [2.75, 3.05) is 25.0 Å². The van der Waals surface area contributed by atoms with Gasteiger partial charge in [-0.05, 0) is 38.6 Å². The molecule has 1 aromatic rings. The Bertz CT molecular complexity index is 322. The molecule has 0 heterocycles. The molecular weight excluding hydrogens is 202 g/mol. The van der Waals surface area contributed by atoms with Crippen molar-refractivity contribution in [2.24, 2.45) is 5.73 Å². The molecule has 0 aliphatic rings. The highest BCUT2D eigenvalue weighted by molar-refractivity contribution is 5.92. The standard InChI is InChI=1S/C12H19N3O/c1-10-3-5-11(6-4-10)15-12(16)9-14-8-2-7-13/h3-6,14H,2,7-9,13H2,1H3,(H,15,16). The molecule has 1 rings (SSSR count). The van der Waals surface area contributed by atoms with Crippen LogP contribution in [0.5, 0.6) is 0 Å².